The highest BCUT2D eigenvalue weighted by atomic mass is 16.7. The average molecular weight is 1170 g/mol. The highest BCUT2D eigenvalue weighted by Crippen LogP contribution is 2.24. The molecule has 1 amide bonds. The molecule has 9 atom stereocenters. The van der Waals surface area contributed by atoms with E-state index in [1.165, 1.54) is 244 Å². The van der Waals surface area contributed by atoms with Crippen molar-refractivity contribution in [3.63, 3.8) is 0 Å². The first kappa shape index (κ1) is 79.1. The maximum Gasteiger partial charge on any atom is 0.249 e. The van der Waals surface area contributed by atoms with E-state index < -0.39 is 74.2 Å². The topological polar surface area (TPSA) is 189 Å². The third kappa shape index (κ3) is 47.8. The van der Waals surface area contributed by atoms with E-state index in [-0.39, 0.29) is 12.8 Å². The SMILES string of the molecule is CCCCCCCCCCCCC/C=C/CC/C=C/CC/C=C/CCCC(O)C(O)C(COC1OC(CO)C(O)C(O)C1O)NC(=O)C(O)CCCCCCCCCCCCCCCCCC/C=C\CCCCCCCCCCCCCC. The molecule has 0 saturated carbocycles. The second-order valence-corrected chi connectivity index (χ2v) is 24.9. The van der Waals surface area contributed by atoms with Crippen molar-refractivity contribution in [2.24, 2.45) is 0 Å². The average Bonchev–Trinajstić information content (AvgIpc) is 3.65. The van der Waals surface area contributed by atoms with E-state index in [0.717, 1.165) is 44.9 Å². The summed E-state index contributed by atoms with van der Waals surface area (Å²) in [4.78, 5) is 13.2. The summed E-state index contributed by atoms with van der Waals surface area (Å²) < 4.78 is 11.2. The summed E-state index contributed by atoms with van der Waals surface area (Å²) in [7, 11) is 0. The quantitative estimate of drug-likeness (QED) is 0.0215. The van der Waals surface area contributed by atoms with Gasteiger partial charge in [0.05, 0.1) is 25.4 Å². The molecule has 1 aliphatic heterocycles. The van der Waals surface area contributed by atoms with Gasteiger partial charge in [0.2, 0.25) is 5.91 Å². The van der Waals surface area contributed by atoms with Crippen LogP contribution in [0.25, 0.3) is 0 Å². The number of aliphatic hydroxyl groups is 7. The zero-order valence-corrected chi connectivity index (χ0v) is 53.9. The molecule has 11 nitrogen and oxygen atoms in total. The van der Waals surface area contributed by atoms with E-state index in [1.807, 2.05) is 0 Å². The van der Waals surface area contributed by atoms with E-state index >= 15 is 0 Å². The van der Waals surface area contributed by atoms with Crippen molar-refractivity contribution in [2.75, 3.05) is 13.2 Å². The molecule has 0 aromatic heterocycles. The minimum Gasteiger partial charge on any atom is -0.394 e. The fourth-order valence-corrected chi connectivity index (χ4v) is 11.4. The third-order valence-corrected chi connectivity index (χ3v) is 17.1. The monoisotopic (exact) mass is 1170 g/mol. The fraction of sp³-hybridized carbons (Fsp3) is 0.875. The van der Waals surface area contributed by atoms with E-state index in [0.29, 0.717) is 19.3 Å². The Bertz CT molecular complexity index is 1490. The lowest BCUT2D eigenvalue weighted by Crippen LogP contribution is -2.60. The Morgan fingerprint density at radius 1 is 0.410 bits per heavy atom. The van der Waals surface area contributed by atoms with Crippen molar-refractivity contribution in [3.8, 4) is 0 Å². The summed E-state index contributed by atoms with van der Waals surface area (Å²) in [6.45, 7) is 3.48. The van der Waals surface area contributed by atoms with Crippen molar-refractivity contribution in [2.45, 2.75) is 390 Å². The Labute approximate surface area is 510 Å². The van der Waals surface area contributed by atoms with Gasteiger partial charge in [0.1, 0.15) is 36.6 Å². The number of carbonyl (C=O) groups excluding carboxylic acids is 1. The van der Waals surface area contributed by atoms with Crippen LogP contribution in [-0.2, 0) is 14.3 Å². The van der Waals surface area contributed by atoms with Crippen LogP contribution in [0.2, 0.25) is 0 Å². The lowest BCUT2D eigenvalue weighted by atomic mass is 9.98. The minimum absolute atomic E-state index is 0.241. The predicted octanol–water partition coefficient (Wildman–Crippen LogP) is 17.1. The first-order valence-corrected chi connectivity index (χ1v) is 35.5. The van der Waals surface area contributed by atoms with Gasteiger partial charge in [-0.1, -0.05) is 294 Å². The van der Waals surface area contributed by atoms with Crippen LogP contribution < -0.4 is 5.32 Å². The minimum atomic E-state index is -1.67. The third-order valence-electron chi connectivity index (χ3n) is 17.1. The van der Waals surface area contributed by atoms with Gasteiger partial charge in [0, 0.05) is 0 Å². The number of hydrogen-bond acceptors (Lipinski definition) is 10. The van der Waals surface area contributed by atoms with E-state index in [4.69, 9.17) is 9.47 Å². The zero-order chi connectivity index (χ0) is 60.3. The van der Waals surface area contributed by atoms with Crippen LogP contribution in [0.15, 0.2) is 48.6 Å². The lowest BCUT2D eigenvalue weighted by molar-refractivity contribution is -0.303. The number of rotatable bonds is 62. The first-order chi connectivity index (χ1) is 40.7. The number of amides is 1. The number of carbonyl (C=O) groups is 1. The smallest absolute Gasteiger partial charge is 0.249 e. The molecule has 0 spiro atoms. The summed E-state index contributed by atoms with van der Waals surface area (Å²) in [5.41, 5.74) is 0. The Morgan fingerprint density at radius 2 is 0.723 bits per heavy atom. The van der Waals surface area contributed by atoms with Crippen molar-refractivity contribution in [1.29, 1.82) is 0 Å². The van der Waals surface area contributed by atoms with E-state index in [1.54, 1.807) is 0 Å². The number of nitrogens with one attached hydrogen (secondary N) is 1. The van der Waals surface area contributed by atoms with Crippen molar-refractivity contribution >= 4 is 5.91 Å². The molecule has 0 aromatic carbocycles. The molecule has 0 aliphatic carbocycles. The first-order valence-electron chi connectivity index (χ1n) is 35.5. The molecule has 8 N–H and O–H groups in total. The normalized spacial score (nSPS) is 19.3. The van der Waals surface area contributed by atoms with Crippen LogP contribution in [0.4, 0.5) is 0 Å². The van der Waals surface area contributed by atoms with Gasteiger partial charge in [-0.05, 0) is 89.9 Å². The molecule has 1 fully saturated rings. The molecular weight excluding hydrogens is 1040 g/mol. The summed E-state index contributed by atoms with van der Waals surface area (Å²) in [5, 5.41) is 76.5. The maximum absolute atomic E-state index is 13.2. The van der Waals surface area contributed by atoms with Gasteiger partial charge >= 0.3 is 0 Å². The van der Waals surface area contributed by atoms with Crippen LogP contribution in [0, 0.1) is 0 Å². The lowest BCUT2D eigenvalue weighted by Gasteiger charge is -2.40. The second-order valence-electron chi connectivity index (χ2n) is 24.9. The van der Waals surface area contributed by atoms with Gasteiger partial charge in [-0.2, -0.15) is 0 Å². The largest absolute Gasteiger partial charge is 0.394 e. The molecule has 9 unspecified atom stereocenters. The molecule has 1 aliphatic rings. The zero-order valence-electron chi connectivity index (χ0n) is 53.9. The number of ether oxygens (including phenoxy) is 2. The second kappa shape index (κ2) is 60.4. The van der Waals surface area contributed by atoms with Gasteiger partial charge in [-0.25, -0.2) is 0 Å². The number of aliphatic hydroxyl groups excluding tert-OH is 7. The highest BCUT2D eigenvalue weighted by Gasteiger charge is 2.44. The highest BCUT2D eigenvalue weighted by molar-refractivity contribution is 5.80. The summed E-state index contributed by atoms with van der Waals surface area (Å²) in [5.74, 6) is -0.708. The maximum atomic E-state index is 13.2. The van der Waals surface area contributed by atoms with Crippen LogP contribution in [-0.4, -0.2) is 110 Å². The van der Waals surface area contributed by atoms with Crippen LogP contribution >= 0.6 is 0 Å². The van der Waals surface area contributed by atoms with Gasteiger partial charge in [0.25, 0.3) is 0 Å². The number of hydrogen-bond donors (Lipinski definition) is 8. The molecule has 0 radical (unpaired) electrons. The van der Waals surface area contributed by atoms with Crippen molar-refractivity contribution < 1.29 is 50.0 Å². The van der Waals surface area contributed by atoms with E-state index in [2.05, 4.69) is 67.8 Å². The Balaban J connectivity index is 2.22. The molecule has 11 heteroatoms. The summed E-state index contributed by atoms with van der Waals surface area (Å²) >= 11 is 0. The van der Waals surface area contributed by atoms with Gasteiger partial charge in [-0.15, -0.1) is 0 Å². The predicted molar refractivity (Wildman–Crippen MR) is 348 cm³/mol. The van der Waals surface area contributed by atoms with Crippen LogP contribution in [0.1, 0.15) is 335 Å². The van der Waals surface area contributed by atoms with Crippen LogP contribution in [0.5, 0.6) is 0 Å². The van der Waals surface area contributed by atoms with Crippen molar-refractivity contribution in [1.82, 2.24) is 5.32 Å². The Morgan fingerprint density at radius 3 is 1.07 bits per heavy atom. The fourth-order valence-electron chi connectivity index (χ4n) is 11.4. The Kier molecular flexibility index (Phi) is 57.5. The standard InChI is InChI=1S/C72H135NO10/c1-3-5-7-9-11-13-15-17-19-21-23-25-27-29-30-31-32-33-34-35-36-38-40-42-44-46-48-50-52-54-56-58-60-65(76)71(81)73-63(62-82-72-70(80)69(79)68(78)66(61-74)83-72)67(77)64(75)59-57-55-53-51-49-47-45-43-41-39-37-28-26-24-22-20-18-16-14-12-10-8-6-4-2/h28-30,37,43,45,51,53,63-70,72,74-80H,3-27,31-36,38-42,44,46-50,52,54-62H2,1-2H3,(H,73,81)/b30-29-,37-28+,45-43+,53-51+. The molecule has 0 bridgehead atoms. The molecule has 1 saturated heterocycles. The van der Waals surface area contributed by atoms with Gasteiger partial charge < -0.3 is 50.5 Å². The molecule has 83 heavy (non-hydrogen) atoms. The van der Waals surface area contributed by atoms with E-state index in [9.17, 15) is 40.5 Å². The summed E-state index contributed by atoms with van der Waals surface area (Å²) in [6.07, 6.45) is 67.7. The molecular formula is C72H135NO10. The molecule has 1 heterocycles. The van der Waals surface area contributed by atoms with Crippen molar-refractivity contribution in [3.05, 3.63) is 48.6 Å². The molecule has 488 valence electrons. The van der Waals surface area contributed by atoms with Gasteiger partial charge in [-0.3, -0.25) is 4.79 Å². The Hall–Kier alpha value is -1.93. The number of unbranched alkanes of at least 4 members (excludes halogenated alkanes) is 42. The summed E-state index contributed by atoms with van der Waals surface area (Å²) in [6, 6.07) is -1.20. The van der Waals surface area contributed by atoms with Gasteiger partial charge in [0.15, 0.2) is 6.29 Å². The number of allylic oxidation sites excluding steroid dienone is 8. The molecule has 1 rings (SSSR count). The molecule has 0 aromatic rings. The van der Waals surface area contributed by atoms with Crippen LogP contribution in [0.3, 0.4) is 0 Å².